The predicted molar refractivity (Wildman–Crippen MR) is 119 cm³/mol. The monoisotopic (exact) mass is 482 g/mol. The van der Waals surface area contributed by atoms with Crippen molar-refractivity contribution in [3.05, 3.63) is 29.6 Å². The number of alkyl halides is 2. The highest BCUT2D eigenvalue weighted by molar-refractivity contribution is 6.07. The van der Waals surface area contributed by atoms with Crippen LogP contribution < -0.4 is 10.6 Å². The number of alkyl carbamates (subject to hydrolysis) is 1. The third-order valence-electron chi connectivity index (χ3n) is 6.22. The molecule has 1 aliphatic carbocycles. The molecule has 1 saturated carbocycles. The van der Waals surface area contributed by atoms with E-state index in [1.165, 1.54) is 26.1 Å². The van der Waals surface area contributed by atoms with Crippen LogP contribution in [0, 0.1) is 17.2 Å². The van der Waals surface area contributed by atoms with Gasteiger partial charge < -0.3 is 10.1 Å². The minimum Gasteiger partial charge on any atom is -0.444 e. The Morgan fingerprint density at radius 1 is 1.18 bits per heavy atom. The van der Waals surface area contributed by atoms with Gasteiger partial charge in [-0.1, -0.05) is 0 Å². The number of carbonyl (C=O) groups is 3. The fraction of sp³-hybridized carbons (Fsp3) is 0.565. The van der Waals surface area contributed by atoms with Crippen LogP contribution in [0.5, 0.6) is 0 Å². The second kappa shape index (κ2) is 7.99. The van der Waals surface area contributed by atoms with Gasteiger partial charge in [0.25, 0.3) is 5.92 Å². The maximum atomic E-state index is 15.1. The van der Waals surface area contributed by atoms with Crippen molar-refractivity contribution >= 4 is 29.6 Å². The lowest BCUT2D eigenvalue weighted by Crippen LogP contribution is -2.60. The Morgan fingerprint density at radius 3 is 2.29 bits per heavy atom. The third kappa shape index (κ3) is 4.60. The first-order valence-electron chi connectivity index (χ1n) is 10.8. The molecule has 3 rings (SSSR count). The summed E-state index contributed by atoms with van der Waals surface area (Å²) in [5.74, 6) is -6.67. The summed E-state index contributed by atoms with van der Waals surface area (Å²) in [5.41, 5.74) is -3.59. The quantitative estimate of drug-likeness (QED) is 0.680. The molecule has 34 heavy (non-hydrogen) atoms. The number of ether oxygens (including phenoxy) is 1. The minimum absolute atomic E-state index is 0.0530. The Kier molecular flexibility index (Phi) is 5.99. The van der Waals surface area contributed by atoms with Crippen LogP contribution in [0.3, 0.4) is 0 Å². The molecule has 3 amide bonds. The van der Waals surface area contributed by atoms with Crippen molar-refractivity contribution in [3.8, 4) is 0 Å². The number of aliphatic imine (C=N–C) groups is 1. The fourth-order valence-electron chi connectivity index (χ4n) is 3.76. The van der Waals surface area contributed by atoms with Crippen molar-refractivity contribution in [2.24, 2.45) is 16.3 Å². The molecule has 186 valence electrons. The molecular weight excluding hydrogens is 453 g/mol. The Morgan fingerprint density at radius 2 is 1.76 bits per heavy atom. The van der Waals surface area contributed by atoms with Gasteiger partial charge in [-0.05, 0) is 59.7 Å². The molecule has 0 spiro atoms. The van der Waals surface area contributed by atoms with Crippen LogP contribution in [0.1, 0.15) is 53.5 Å². The van der Waals surface area contributed by atoms with Crippen molar-refractivity contribution in [1.82, 2.24) is 10.2 Å². The number of anilines is 1. The number of hydrogen-bond donors (Lipinski definition) is 2. The number of nitrogens with one attached hydrogen (secondary N) is 2. The van der Waals surface area contributed by atoms with Crippen LogP contribution in [0.4, 0.5) is 23.7 Å². The van der Waals surface area contributed by atoms with Crippen LogP contribution in [0.25, 0.3) is 0 Å². The van der Waals surface area contributed by atoms with Gasteiger partial charge in [0.05, 0.1) is 5.41 Å². The Bertz CT molecular complexity index is 1080. The standard InChI is InChI=1S/C23H29F3N4O4/c1-20(2,3)34-19(33)28-18-29-22(6,21(4,5)17(32)30(18)7)13-10-12(8-9-15(13)24)27-16(31)14-11-23(14,25)26/h8-10,14H,11H2,1-7H3,(H,27,31)(H,28,29,33)/t14-,22-/m1/s1. The molecule has 1 aromatic carbocycles. The zero-order valence-corrected chi connectivity index (χ0v) is 20.2. The topological polar surface area (TPSA) is 100 Å². The fourth-order valence-corrected chi connectivity index (χ4v) is 3.76. The van der Waals surface area contributed by atoms with Gasteiger partial charge in [-0.15, -0.1) is 0 Å². The second-order valence-corrected chi connectivity index (χ2v) is 10.3. The minimum atomic E-state index is -3.05. The molecule has 8 nitrogen and oxygen atoms in total. The highest BCUT2D eigenvalue weighted by atomic mass is 19.3. The number of carbonyl (C=O) groups excluding carboxylic acids is 3. The van der Waals surface area contributed by atoms with Crippen LogP contribution in [0.15, 0.2) is 23.2 Å². The lowest BCUT2D eigenvalue weighted by molar-refractivity contribution is -0.140. The SMILES string of the molecule is CN1C(=O)C(C)(C)[C@@](C)(c2cc(NC(=O)[C@H]3CC3(F)F)ccc2F)N=C1NC(=O)OC(C)(C)C. The number of amides is 3. The Labute approximate surface area is 195 Å². The summed E-state index contributed by atoms with van der Waals surface area (Å²) in [6, 6.07) is 3.58. The van der Waals surface area contributed by atoms with Gasteiger partial charge in [0.1, 0.15) is 22.9 Å². The summed E-state index contributed by atoms with van der Waals surface area (Å²) in [6.07, 6.45) is -1.39. The number of halogens is 3. The molecule has 1 fully saturated rings. The van der Waals surface area contributed by atoms with Crippen molar-refractivity contribution in [3.63, 3.8) is 0 Å². The number of hydrogen-bond acceptors (Lipinski definition) is 5. The van der Waals surface area contributed by atoms with E-state index < -0.39 is 58.5 Å². The number of nitrogens with zero attached hydrogens (tertiary/aromatic N) is 2. The van der Waals surface area contributed by atoms with E-state index in [4.69, 9.17) is 4.74 Å². The maximum Gasteiger partial charge on any atom is 0.414 e. The first-order valence-corrected chi connectivity index (χ1v) is 10.8. The molecule has 0 aromatic heterocycles. The average Bonchev–Trinajstić information content (AvgIpc) is 3.33. The largest absolute Gasteiger partial charge is 0.444 e. The summed E-state index contributed by atoms with van der Waals surface area (Å²) < 4.78 is 46.8. The molecule has 1 aromatic rings. The molecule has 1 heterocycles. The van der Waals surface area contributed by atoms with Gasteiger partial charge in [0.2, 0.25) is 17.8 Å². The lowest BCUT2D eigenvalue weighted by atomic mass is 9.67. The smallest absolute Gasteiger partial charge is 0.414 e. The third-order valence-corrected chi connectivity index (χ3v) is 6.22. The van der Waals surface area contributed by atoms with E-state index in [9.17, 15) is 23.2 Å². The number of guanidine groups is 1. The molecule has 11 heteroatoms. The molecule has 1 aliphatic heterocycles. The van der Waals surface area contributed by atoms with Crippen molar-refractivity contribution in [1.29, 1.82) is 0 Å². The van der Waals surface area contributed by atoms with Crippen LogP contribution in [0.2, 0.25) is 0 Å². The summed E-state index contributed by atoms with van der Waals surface area (Å²) >= 11 is 0. The summed E-state index contributed by atoms with van der Waals surface area (Å²) in [5, 5.41) is 4.82. The molecule has 0 unspecified atom stereocenters. The van der Waals surface area contributed by atoms with Gasteiger partial charge in [0.15, 0.2) is 0 Å². The molecule has 0 bridgehead atoms. The summed E-state index contributed by atoms with van der Waals surface area (Å²) in [4.78, 5) is 43.3. The van der Waals surface area contributed by atoms with Gasteiger partial charge in [0, 0.05) is 24.7 Å². The van der Waals surface area contributed by atoms with Gasteiger partial charge in [-0.25, -0.2) is 23.0 Å². The molecule has 0 saturated heterocycles. The average molecular weight is 483 g/mol. The number of benzene rings is 1. The lowest BCUT2D eigenvalue weighted by Gasteiger charge is -2.46. The van der Waals surface area contributed by atoms with Crippen LogP contribution in [-0.4, -0.2) is 47.3 Å². The molecule has 2 atom stereocenters. The first kappa shape index (κ1) is 25.5. The van der Waals surface area contributed by atoms with Gasteiger partial charge in [-0.2, -0.15) is 0 Å². The second-order valence-electron chi connectivity index (χ2n) is 10.3. The van der Waals surface area contributed by atoms with E-state index in [-0.39, 0.29) is 17.2 Å². The molecule has 2 aliphatic rings. The predicted octanol–water partition coefficient (Wildman–Crippen LogP) is 4.01. The van der Waals surface area contributed by atoms with E-state index in [2.05, 4.69) is 15.6 Å². The van der Waals surface area contributed by atoms with Crippen LogP contribution in [-0.2, 0) is 19.9 Å². The molecule has 2 N–H and O–H groups in total. The van der Waals surface area contributed by atoms with E-state index in [1.807, 2.05) is 0 Å². The zero-order chi connectivity index (χ0) is 25.9. The Balaban J connectivity index is 2.01. The van der Waals surface area contributed by atoms with Crippen LogP contribution >= 0.6 is 0 Å². The molecule has 0 radical (unpaired) electrons. The highest BCUT2D eigenvalue weighted by Gasteiger charge is 2.61. The number of rotatable bonds is 3. The molecular formula is C23H29F3N4O4. The highest BCUT2D eigenvalue weighted by Crippen LogP contribution is 2.50. The van der Waals surface area contributed by atoms with Gasteiger partial charge in [-0.3, -0.25) is 19.8 Å². The normalized spacial score (nSPS) is 25.4. The summed E-state index contributed by atoms with van der Waals surface area (Å²) in [6.45, 7) is 9.69. The zero-order valence-electron chi connectivity index (χ0n) is 20.2. The first-order chi connectivity index (χ1) is 15.4. The van der Waals surface area contributed by atoms with E-state index in [0.717, 1.165) is 11.0 Å². The Hall–Kier alpha value is -3.11. The van der Waals surface area contributed by atoms with Crippen molar-refractivity contribution in [2.75, 3.05) is 12.4 Å². The van der Waals surface area contributed by atoms with E-state index in [1.54, 1.807) is 34.6 Å². The van der Waals surface area contributed by atoms with E-state index >= 15 is 4.39 Å². The van der Waals surface area contributed by atoms with Gasteiger partial charge >= 0.3 is 6.09 Å². The van der Waals surface area contributed by atoms with Crippen molar-refractivity contribution in [2.45, 2.75) is 65.0 Å². The summed E-state index contributed by atoms with van der Waals surface area (Å²) in [7, 11) is 1.42. The van der Waals surface area contributed by atoms with Crippen molar-refractivity contribution < 1.29 is 32.3 Å². The van der Waals surface area contributed by atoms with E-state index in [0.29, 0.717) is 0 Å². The maximum absolute atomic E-state index is 15.1.